The van der Waals surface area contributed by atoms with E-state index < -0.39 is 24.4 Å². The minimum Gasteiger partial charge on any atom is -0.393 e. The van der Waals surface area contributed by atoms with Gasteiger partial charge in [0.05, 0.1) is 32.1 Å². The number of nitrogens with zero attached hydrogens (tertiary/aromatic N) is 3. The van der Waals surface area contributed by atoms with Crippen molar-refractivity contribution in [3.05, 3.63) is 24.5 Å². The van der Waals surface area contributed by atoms with Crippen molar-refractivity contribution >= 4 is 11.0 Å². The molecule has 2 aromatic heterocycles. The van der Waals surface area contributed by atoms with Gasteiger partial charge in [0.2, 0.25) is 0 Å². The Morgan fingerprint density at radius 1 is 1.45 bits per heavy atom. The fourth-order valence-corrected chi connectivity index (χ4v) is 2.59. The largest absolute Gasteiger partial charge is 0.393 e. The molecule has 2 aromatic rings. The zero-order valence-electron chi connectivity index (χ0n) is 10.9. The Bertz CT molecular complexity index is 602. The molecule has 1 aliphatic rings. The van der Waals surface area contributed by atoms with E-state index >= 15 is 0 Å². The zero-order chi connectivity index (χ0) is 14.2. The molecule has 0 spiro atoms. The lowest BCUT2D eigenvalue weighted by Gasteiger charge is -2.42. The van der Waals surface area contributed by atoms with Crippen molar-refractivity contribution in [3.63, 3.8) is 0 Å². The predicted octanol–water partition coefficient (Wildman–Crippen LogP) is -0.696. The van der Waals surface area contributed by atoms with Crippen LogP contribution in [0.2, 0.25) is 0 Å². The van der Waals surface area contributed by atoms with Gasteiger partial charge in [-0.15, -0.1) is 0 Å². The molecule has 108 valence electrons. The van der Waals surface area contributed by atoms with Crippen LogP contribution in [0, 0.1) is 0 Å². The maximum absolute atomic E-state index is 10.2. The lowest BCUT2D eigenvalue weighted by atomic mass is 9.89. The highest BCUT2D eigenvalue weighted by molar-refractivity contribution is 5.73. The molecule has 3 rings (SSSR count). The Morgan fingerprint density at radius 2 is 2.30 bits per heavy atom. The number of aromatic nitrogens is 3. The van der Waals surface area contributed by atoms with E-state index in [9.17, 15) is 15.3 Å². The Labute approximate surface area is 115 Å². The maximum atomic E-state index is 10.2. The maximum Gasteiger partial charge on any atom is 0.157 e. The molecule has 0 aliphatic carbocycles. The third kappa shape index (κ3) is 2.08. The van der Waals surface area contributed by atoms with Crippen LogP contribution >= 0.6 is 0 Å². The van der Waals surface area contributed by atoms with Crippen LogP contribution in [-0.4, -0.2) is 61.1 Å². The van der Waals surface area contributed by atoms with Crippen molar-refractivity contribution in [2.24, 2.45) is 0 Å². The number of fused-ring (bicyclic) bond motifs is 1. The topological polar surface area (TPSA) is 101 Å². The van der Waals surface area contributed by atoms with Gasteiger partial charge >= 0.3 is 0 Å². The van der Waals surface area contributed by atoms with E-state index in [4.69, 9.17) is 4.74 Å². The fraction of sp³-hybridized carbons (Fsp3) is 0.538. The molecule has 0 aromatic carbocycles. The Kier molecular flexibility index (Phi) is 3.43. The van der Waals surface area contributed by atoms with Crippen molar-refractivity contribution in [1.82, 2.24) is 14.8 Å². The molecule has 0 bridgehead atoms. The standard InChI is InChI=1S/C13H17N3O4/c17-8-13(11(19)10(18)3-5-20-13)7-16-12-9(6-15-16)2-1-4-14-12/h1-2,4,6,10-11,17-19H,3,5,7-8H2. The van der Waals surface area contributed by atoms with Crippen molar-refractivity contribution in [2.45, 2.75) is 30.8 Å². The van der Waals surface area contributed by atoms with E-state index in [1.165, 1.54) is 0 Å². The molecular formula is C13H17N3O4. The molecule has 7 heteroatoms. The summed E-state index contributed by atoms with van der Waals surface area (Å²) in [7, 11) is 0. The Morgan fingerprint density at radius 3 is 3.10 bits per heavy atom. The minimum atomic E-state index is -1.26. The highest BCUT2D eigenvalue weighted by Gasteiger charge is 2.46. The summed E-state index contributed by atoms with van der Waals surface area (Å²) in [5, 5.41) is 34.7. The summed E-state index contributed by atoms with van der Waals surface area (Å²) in [6.07, 6.45) is 1.59. The predicted molar refractivity (Wildman–Crippen MR) is 69.9 cm³/mol. The minimum absolute atomic E-state index is 0.127. The zero-order valence-corrected chi connectivity index (χ0v) is 10.9. The van der Waals surface area contributed by atoms with Gasteiger partial charge in [-0.25, -0.2) is 9.67 Å². The quantitative estimate of drug-likeness (QED) is 0.687. The molecule has 3 unspecified atom stereocenters. The second kappa shape index (κ2) is 5.10. The van der Waals surface area contributed by atoms with Crippen molar-refractivity contribution in [3.8, 4) is 0 Å². The average molecular weight is 279 g/mol. The van der Waals surface area contributed by atoms with E-state index in [0.717, 1.165) is 5.39 Å². The molecule has 0 amide bonds. The van der Waals surface area contributed by atoms with Gasteiger partial charge in [-0.2, -0.15) is 5.10 Å². The molecule has 7 nitrogen and oxygen atoms in total. The number of ether oxygens (including phenoxy) is 1. The molecule has 0 radical (unpaired) electrons. The number of pyridine rings is 1. The number of hydrogen-bond donors (Lipinski definition) is 3. The van der Waals surface area contributed by atoms with Crippen LogP contribution in [0.1, 0.15) is 6.42 Å². The first-order valence-electron chi connectivity index (χ1n) is 6.54. The van der Waals surface area contributed by atoms with Gasteiger partial charge in [0.25, 0.3) is 0 Å². The van der Waals surface area contributed by atoms with Gasteiger partial charge in [0.15, 0.2) is 5.65 Å². The van der Waals surface area contributed by atoms with Gasteiger partial charge in [-0.05, 0) is 18.6 Å². The molecule has 1 aliphatic heterocycles. The van der Waals surface area contributed by atoms with E-state index in [1.54, 1.807) is 17.1 Å². The van der Waals surface area contributed by atoms with Crippen LogP contribution in [0.4, 0.5) is 0 Å². The summed E-state index contributed by atoms with van der Waals surface area (Å²) in [6, 6.07) is 3.69. The van der Waals surface area contributed by atoms with Gasteiger partial charge in [0.1, 0.15) is 11.7 Å². The van der Waals surface area contributed by atoms with Crippen LogP contribution in [0.3, 0.4) is 0 Å². The normalized spacial score (nSPS) is 30.8. The lowest BCUT2D eigenvalue weighted by Crippen LogP contribution is -2.59. The number of aliphatic hydroxyl groups excluding tert-OH is 3. The lowest BCUT2D eigenvalue weighted by molar-refractivity contribution is -0.218. The van der Waals surface area contributed by atoms with E-state index in [-0.39, 0.29) is 13.2 Å². The SMILES string of the molecule is OCC1(Cn2ncc3cccnc32)OCCC(O)C1O. The van der Waals surface area contributed by atoms with Crippen molar-refractivity contribution in [1.29, 1.82) is 0 Å². The van der Waals surface area contributed by atoms with Gasteiger partial charge in [-0.1, -0.05) is 0 Å². The van der Waals surface area contributed by atoms with Crippen molar-refractivity contribution in [2.75, 3.05) is 13.2 Å². The number of rotatable bonds is 3. The molecule has 3 atom stereocenters. The monoisotopic (exact) mass is 279 g/mol. The molecule has 1 fully saturated rings. The summed E-state index contributed by atoms with van der Waals surface area (Å²) < 4.78 is 7.15. The number of aliphatic hydroxyl groups is 3. The van der Waals surface area contributed by atoms with Gasteiger partial charge < -0.3 is 20.1 Å². The van der Waals surface area contributed by atoms with Crippen LogP contribution in [-0.2, 0) is 11.3 Å². The highest BCUT2D eigenvalue weighted by Crippen LogP contribution is 2.28. The van der Waals surface area contributed by atoms with Crippen LogP contribution in [0.25, 0.3) is 11.0 Å². The summed E-state index contributed by atoms with van der Waals surface area (Å²) in [4.78, 5) is 4.24. The molecule has 1 saturated heterocycles. The van der Waals surface area contributed by atoms with Crippen LogP contribution in [0.5, 0.6) is 0 Å². The molecule has 0 saturated carbocycles. The molecule has 3 N–H and O–H groups in total. The van der Waals surface area contributed by atoms with Gasteiger partial charge in [-0.3, -0.25) is 0 Å². The summed E-state index contributed by atoms with van der Waals surface area (Å²) in [5.41, 5.74) is -0.607. The van der Waals surface area contributed by atoms with E-state index in [2.05, 4.69) is 10.1 Å². The summed E-state index contributed by atoms with van der Waals surface area (Å²) >= 11 is 0. The third-order valence-corrected chi connectivity index (χ3v) is 3.79. The summed E-state index contributed by atoms with van der Waals surface area (Å²) in [6.45, 7) is 0.00701. The summed E-state index contributed by atoms with van der Waals surface area (Å²) in [5.74, 6) is 0. The molecule has 3 heterocycles. The average Bonchev–Trinajstić information content (AvgIpc) is 2.87. The second-order valence-corrected chi connectivity index (χ2v) is 5.09. The van der Waals surface area contributed by atoms with E-state index in [0.29, 0.717) is 12.1 Å². The highest BCUT2D eigenvalue weighted by atomic mass is 16.5. The first-order chi connectivity index (χ1) is 9.66. The van der Waals surface area contributed by atoms with Crippen molar-refractivity contribution < 1.29 is 20.1 Å². The smallest absolute Gasteiger partial charge is 0.157 e. The molecule has 20 heavy (non-hydrogen) atoms. The first-order valence-corrected chi connectivity index (χ1v) is 6.54. The second-order valence-electron chi connectivity index (χ2n) is 5.09. The fourth-order valence-electron chi connectivity index (χ4n) is 2.59. The molecular weight excluding hydrogens is 262 g/mol. The van der Waals surface area contributed by atoms with Gasteiger partial charge in [0, 0.05) is 11.6 Å². The first kappa shape index (κ1) is 13.4. The van der Waals surface area contributed by atoms with Crippen LogP contribution in [0.15, 0.2) is 24.5 Å². The van der Waals surface area contributed by atoms with Crippen LogP contribution < -0.4 is 0 Å². The Balaban J connectivity index is 1.95. The third-order valence-electron chi connectivity index (χ3n) is 3.79. The number of hydrogen-bond acceptors (Lipinski definition) is 6. The Hall–Kier alpha value is -1.54. The van der Waals surface area contributed by atoms with E-state index in [1.807, 2.05) is 12.1 Å².